The summed E-state index contributed by atoms with van der Waals surface area (Å²) in [6, 6.07) is 5.40. The number of nitrogens with two attached hydrogens (primary N) is 1. The summed E-state index contributed by atoms with van der Waals surface area (Å²) in [6.45, 7) is 5.67. The molecule has 1 atom stereocenters. The van der Waals surface area contributed by atoms with Crippen LogP contribution < -0.4 is 10.5 Å². The van der Waals surface area contributed by atoms with Crippen molar-refractivity contribution < 1.29 is 8.95 Å². The molecule has 4 nitrogen and oxygen atoms in total. The normalized spacial score (nSPS) is 17.5. The Hall–Kier alpha value is -1.07. The van der Waals surface area contributed by atoms with Gasteiger partial charge in [0, 0.05) is 18.0 Å². The first kappa shape index (κ1) is 14.3. The van der Waals surface area contributed by atoms with Crippen LogP contribution in [0.2, 0.25) is 0 Å². The molecule has 1 saturated heterocycles. The van der Waals surface area contributed by atoms with Gasteiger partial charge >= 0.3 is 0 Å². The molecule has 1 aromatic carbocycles. The van der Waals surface area contributed by atoms with Crippen molar-refractivity contribution >= 4 is 16.5 Å². The molecule has 0 bridgehead atoms. The van der Waals surface area contributed by atoms with Crippen LogP contribution in [0.4, 0.5) is 5.69 Å². The summed E-state index contributed by atoms with van der Waals surface area (Å²) < 4.78 is 17.8. The van der Waals surface area contributed by atoms with Crippen molar-refractivity contribution in [2.24, 2.45) is 0 Å². The predicted octanol–water partition coefficient (Wildman–Crippen LogP) is 1.87. The third-order valence-electron chi connectivity index (χ3n) is 3.33. The number of ether oxygens (including phenoxy) is 1. The Kier molecular flexibility index (Phi) is 5.22. The minimum absolute atomic E-state index is 0.586. The molecular weight excluding hydrogens is 260 g/mol. The quantitative estimate of drug-likeness (QED) is 0.809. The van der Waals surface area contributed by atoms with Gasteiger partial charge in [-0.3, -0.25) is 4.21 Å². The highest BCUT2D eigenvalue weighted by molar-refractivity contribution is 7.85. The SMILES string of the molecule is CCOc1ccc(N)c(S(=O)CCN2CCCC2)c1. The number of hydrogen-bond acceptors (Lipinski definition) is 4. The number of hydrogen-bond donors (Lipinski definition) is 1. The van der Waals surface area contributed by atoms with Gasteiger partial charge in [0.05, 0.1) is 22.3 Å². The molecule has 1 heterocycles. The van der Waals surface area contributed by atoms with Crippen LogP contribution in [0.3, 0.4) is 0 Å². The molecule has 0 saturated carbocycles. The second-order valence-corrected chi connectivity index (χ2v) is 6.27. The molecule has 5 heteroatoms. The van der Waals surface area contributed by atoms with Crippen molar-refractivity contribution in [3.05, 3.63) is 18.2 Å². The van der Waals surface area contributed by atoms with E-state index in [2.05, 4.69) is 4.90 Å². The monoisotopic (exact) mass is 282 g/mol. The van der Waals surface area contributed by atoms with E-state index in [1.807, 2.05) is 13.0 Å². The van der Waals surface area contributed by atoms with Crippen molar-refractivity contribution in [2.45, 2.75) is 24.7 Å². The number of likely N-dealkylation sites (tertiary alicyclic amines) is 1. The number of benzene rings is 1. The van der Waals surface area contributed by atoms with Crippen LogP contribution in [-0.2, 0) is 10.8 Å². The third kappa shape index (κ3) is 3.94. The molecule has 1 aliphatic rings. The molecule has 0 radical (unpaired) electrons. The average Bonchev–Trinajstić information content (AvgIpc) is 2.92. The van der Waals surface area contributed by atoms with Crippen LogP contribution in [-0.4, -0.2) is 41.1 Å². The summed E-state index contributed by atoms with van der Waals surface area (Å²) in [6.07, 6.45) is 2.52. The molecular formula is C14H22N2O2S. The zero-order valence-electron chi connectivity index (χ0n) is 11.4. The first-order valence-corrected chi connectivity index (χ1v) is 8.15. The van der Waals surface area contributed by atoms with E-state index >= 15 is 0 Å². The molecule has 2 rings (SSSR count). The Morgan fingerprint density at radius 1 is 1.37 bits per heavy atom. The third-order valence-corrected chi connectivity index (χ3v) is 4.73. The van der Waals surface area contributed by atoms with Crippen LogP contribution in [0.5, 0.6) is 5.75 Å². The first-order valence-electron chi connectivity index (χ1n) is 6.83. The highest BCUT2D eigenvalue weighted by Gasteiger charge is 2.15. The van der Waals surface area contributed by atoms with E-state index in [0.29, 0.717) is 22.9 Å². The molecule has 0 amide bonds. The van der Waals surface area contributed by atoms with Crippen LogP contribution in [0.1, 0.15) is 19.8 Å². The Bertz CT molecular complexity index is 445. The predicted molar refractivity (Wildman–Crippen MR) is 79.0 cm³/mol. The van der Waals surface area contributed by atoms with Crippen molar-refractivity contribution in [1.82, 2.24) is 4.90 Å². The van der Waals surface area contributed by atoms with Gasteiger partial charge in [0.25, 0.3) is 0 Å². The Morgan fingerprint density at radius 3 is 2.79 bits per heavy atom. The fourth-order valence-corrected chi connectivity index (χ4v) is 3.52. The summed E-state index contributed by atoms with van der Waals surface area (Å²) in [5.74, 6) is 1.38. The molecule has 0 aromatic heterocycles. The highest BCUT2D eigenvalue weighted by Crippen LogP contribution is 2.23. The van der Waals surface area contributed by atoms with Gasteiger partial charge in [-0.15, -0.1) is 0 Å². The lowest BCUT2D eigenvalue weighted by atomic mass is 10.3. The van der Waals surface area contributed by atoms with Gasteiger partial charge in [-0.05, 0) is 51.1 Å². The number of nitrogen functional groups attached to an aromatic ring is 1. The first-order chi connectivity index (χ1) is 9.20. The van der Waals surface area contributed by atoms with Crippen LogP contribution in [0.25, 0.3) is 0 Å². The van der Waals surface area contributed by atoms with E-state index in [1.54, 1.807) is 12.1 Å². The van der Waals surface area contributed by atoms with Crippen molar-refractivity contribution in [3.8, 4) is 5.75 Å². The second-order valence-electron chi connectivity index (χ2n) is 4.73. The Labute approximate surface area is 117 Å². The van der Waals surface area contributed by atoms with Crippen molar-refractivity contribution in [3.63, 3.8) is 0 Å². The molecule has 1 aliphatic heterocycles. The molecule has 1 unspecified atom stereocenters. The van der Waals surface area contributed by atoms with Gasteiger partial charge in [0.1, 0.15) is 5.75 Å². The molecule has 1 fully saturated rings. The lowest BCUT2D eigenvalue weighted by Crippen LogP contribution is -2.24. The molecule has 106 valence electrons. The van der Waals surface area contributed by atoms with Crippen LogP contribution in [0.15, 0.2) is 23.1 Å². The number of rotatable bonds is 6. The van der Waals surface area contributed by atoms with Crippen molar-refractivity contribution in [2.75, 3.05) is 37.7 Å². The van der Waals surface area contributed by atoms with E-state index < -0.39 is 10.8 Å². The lowest BCUT2D eigenvalue weighted by molar-refractivity contribution is 0.339. The Balaban J connectivity index is 1.98. The minimum atomic E-state index is -1.05. The van der Waals surface area contributed by atoms with E-state index in [-0.39, 0.29) is 0 Å². The zero-order valence-corrected chi connectivity index (χ0v) is 12.2. The summed E-state index contributed by atoms with van der Waals surface area (Å²) in [5.41, 5.74) is 6.49. The fourth-order valence-electron chi connectivity index (χ4n) is 2.30. The largest absolute Gasteiger partial charge is 0.494 e. The van der Waals surface area contributed by atoms with Gasteiger partial charge in [-0.25, -0.2) is 0 Å². The molecule has 0 aliphatic carbocycles. The van der Waals surface area contributed by atoms with E-state index in [1.165, 1.54) is 12.8 Å². The van der Waals surface area contributed by atoms with Gasteiger partial charge in [-0.2, -0.15) is 0 Å². The maximum Gasteiger partial charge on any atom is 0.120 e. The summed E-state index contributed by atoms with van der Waals surface area (Å²) in [5, 5.41) is 0. The van der Waals surface area contributed by atoms with Crippen LogP contribution in [0, 0.1) is 0 Å². The Morgan fingerprint density at radius 2 is 2.11 bits per heavy atom. The summed E-state index contributed by atoms with van der Waals surface area (Å²) in [4.78, 5) is 3.06. The summed E-state index contributed by atoms with van der Waals surface area (Å²) >= 11 is 0. The maximum absolute atomic E-state index is 12.3. The lowest BCUT2D eigenvalue weighted by Gasteiger charge is -2.14. The maximum atomic E-state index is 12.3. The van der Waals surface area contributed by atoms with Crippen LogP contribution >= 0.6 is 0 Å². The smallest absolute Gasteiger partial charge is 0.120 e. The van der Waals surface area contributed by atoms with E-state index in [9.17, 15) is 4.21 Å². The van der Waals surface area contributed by atoms with E-state index in [0.717, 1.165) is 25.4 Å². The zero-order chi connectivity index (χ0) is 13.7. The fraction of sp³-hybridized carbons (Fsp3) is 0.571. The average molecular weight is 282 g/mol. The van der Waals surface area contributed by atoms with Gasteiger partial charge in [0.15, 0.2) is 0 Å². The minimum Gasteiger partial charge on any atom is -0.494 e. The number of anilines is 1. The van der Waals surface area contributed by atoms with Gasteiger partial charge < -0.3 is 15.4 Å². The van der Waals surface area contributed by atoms with Crippen molar-refractivity contribution in [1.29, 1.82) is 0 Å². The van der Waals surface area contributed by atoms with Gasteiger partial charge in [0.2, 0.25) is 0 Å². The highest BCUT2D eigenvalue weighted by atomic mass is 32.2. The molecule has 1 aromatic rings. The van der Waals surface area contributed by atoms with Gasteiger partial charge in [-0.1, -0.05) is 0 Å². The topological polar surface area (TPSA) is 55.6 Å². The van der Waals surface area contributed by atoms with E-state index in [4.69, 9.17) is 10.5 Å². The second kappa shape index (κ2) is 6.91. The number of nitrogens with zero attached hydrogens (tertiary/aromatic N) is 1. The summed E-state index contributed by atoms with van der Waals surface area (Å²) in [7, 11) is -1.05. The molecule has 19 heavy (non-hydrogen) atoms. The molecule has 2 N–H and O–H groups in total. The standard InChI is InChI=1S/C14H22N2O2S/c1-2-18-12-5-6-13(15)14(11-12)19(17)10-9-16-7-3-4-8-16/h5-6,11H,2-4,7-10,15H2,1H3. The molecule has 0 spiro atoms.